The van der Waals surface area contributed by atoms with Crippen molar-refractivity contribution in [3.8, 4) is 11.8 Å². The molecular weight excluding hydrogens is 440 g/mol. The highest BCUT2D eigenvalue weighted by molar-refractivity contribution is 7.07. The van der Waals surface area contributed by atoms with Crippen LogP contribution in [0, 0.1) is 11.3 Å². The first-order chi connectivity index (χ1) is 15.9. The first kappa shape index (κ1) is 26.2. The number of phenolic OH excluding ortho intramolecular Hbond substituents is 1. The minimum Gasteiger partial charge on any atom is -0.508 e. The van der Waals surface area contributed by atoms with E-state index in [-0.39, 0.29) is 23.5 Å². The Kier molecular flexibility index (Phi) is 10.2. The Morgan fingerprint density at radius 2 is 2.03 bits per heavy atom. The number of hydrogen-bond donors (Lipinski definition) is 2. The maximum atomic E-state index is 13.0. The zero-order valence-corrected chi connectivity index (χ0v) is 20.5. The number of nitrogens with zero attached hydrogens (tertiary/aromatic N) is 3. The predicted molar refractivity (Wildman–Crippen MR) is 131 cm³/mol. The lowest BCUT2D eigenvalue weighted by molar-refractivity contribution is -0.136. The third-order valence-electron chi connectivity index (χ3n) is 5.19. The Hall–Kier alpha value is -3.09. The fourth-order valence-electron chi connectivity index (χ4n) is 3.25. The summed E-state index contributed by atoms with van der Waals surface area (Å²) in [7, 11) is 0. The summed E-state index contributed by atoms with van der Waals surface area (Å²) >= 11 is 1.08. The van der Waals surface area contributed by atoms with Crippen molar-refractivity contribution in [2.45, 2.75) is 53.6 Å². The molecule has 178 valence electrons. The Labute approximate surface area is 198 Å². The average molecular weight is 473 g/mol. The van der Waals surface area contributed by atoms with Gasteiger partial charge in [0.2, 0.25) is 0 Å². The molecule has 2 rings (SSSR count). The van der Waals surface area contributed by atoms with Gasteiger partial charge < -0.3 is 15.2 Å². The summed E-state index contributed by atoms with van der Waals surface area (Å²) in [5, 5.41) is 22.9. The normalized spacial score (nSPS) is 12.5. The van der Waals surface area contributed by atoms with Crippen LogP contribution < -0.4 is 20.1 Å². The zero-order chi connectivity index (χ0) is 24.4. The van der Waals surface area contributed by atoms with Crippen molar-refractivity contribution in [1.82, 2.24) is 9.47 Å². The molecule has 0 saturated heterocycles. The van der Waals surface area contributed by atoms with E-state index in [0.29, 0.717) is 22.3 Å². The van der Waals surface area contributed by atoms with E-state index in [9.17, 15) is 20.0 Å². The molecule has 1 aromatic carbocycles. The molecule has 2 N–H and O–H groups in total. The molecule has 0 amide bonds. The number of carbonyl (C=O) groups excluding carboxylic acids is 1. The molecule has 0 aliphatic heterocycles. The van der Waals surface area contributed by atoms with Crippen LogP contribution in [0.4, 0.5) is 5.69 Å². The quantitative estimate of drug-likeness (QED) is 0.382. The van der Waals surface area contributed by atoms with Gasteiger partial charge in [0, 0.05) is 30.5 Å². The fraction of sp³-hybridized carbons (Fsp3) is 0.458. The number of benzene rings is 1. The number of rotatable bonds is 11. The third-order valence-corrected chi connectivity index (χ3v) is 6.32. The molecule has 0 aliphatic rings. The molecule has 2 aromatic rings. The zero-order valence-electron chi connectivity index (χ0n) is 19.7. The summed E-state index contributed by atoms with van der Waals surface area (Å²) in [5.74, 6) is -0.513. The molecule has 0 unspecified atom stereocenters. The Morgan fingerprint density at radius 3 is 2.64 bits per heavy atom. The Morgan fingerprint density at radius 1 is 1.30 bits per heavy atom. The first-order valence-corrected chi connectivity index (χ1v) is 12.0. The summed E-state index contributed by atoms with van der Waals surface area (Å²) < 4.78 is 7.15. The molecule has 0 bridgehead atoms. The minimum atomic E-state index is -0.731. The van der Waals surface area contributed by atoms with Crippen LogP contribution in [0.1, 0.15) is 46.1 Å². The number of carbonyl (C=O) groups is 1. The van der Waals surface area contributed by atoms with Gasteiger partial charge in [0.15, 0.2) is 5.57 Å². The summed E-state index contributed by atoms with van der Waals surface area (Å²) in [4.78, 5) is 27.5. The number of aromatic hydroxyl groups is 1. The SMILES string of the molecule is CCCCn1c(=C(C#N)C(=O)OCC)sc(=CNc2ccc(O)c(CN(CC)CC)c2)c1=O. The second kappa shape index (κ2) is 12.8. The van der Waals surface area contributed by atoms with Gasteiger partial charge in [-0.05, 0) is 44.6 Å². The van der Waals surface area contributed by atoms with Crippen LogP contribution in [-0.4, -0.2) is 40.2 Å². The van der Waals surface area contributed by atoms with E-state index in [4.69, 9.17) is 4.74 Å². The van der Waals surface area contributed by atoms with Gasteiger partial charge in [-0.15, -0.1) is 11.3 Å². The van der Waals surface area contributed by atoms with Crippen molar-refractivity contribution in [3.05, 3.63) is 43.3 Å². The average Bonchev–Trinajstić information content (AvgIpc) is 3.11. The topological polar surface area (TPSA) is 108 Å². The van der Waals surface area contributed by atoms with E-state index in [1.807, 2.05) is 19.1 Å². The summed E-state index contributed by atoms with van der Waals surface area (Å²) in [6.45, 7) is 10.7. The maximum absolute atomic E-state index is 13.0. The number of ether oxygens (including phenoxy) is 1. The van der Waals surface area contributed by atoms with Gasteiger partial charge in [-0.2, -0.15) is 5.26 Å². The molecule has 8 nitrogen and oxygen atoms in total. The number of anilines is 1. The highest BCUT2D eigenvalue weighted by atomic mass is 32.1. The lowest BCUT2D eigenvalue weighted by Crippen LogP contribution is -2.33. The second-order valence-corrected chi connectivity index (χ2v) is 8.41. The third kappa shape index (κ3) is 6.70. The molecule has 1 aromatic heterocycles. The number of hydrogen-bond acceptors (Lipinski definition) is 8. The van der Waals surface area contributed by atoms with E-state index < -0.39 is 5.97 Å². The van der Waals surface area contributed by atoms with Crippen LogP contribution in [-0.2, 0) is 22.6 Å². The number of nitrogens with one attached hydrogen (secondary N) is 1. The number of unbranched alkanes of at least 4 members (excludes halogenated alkanes) is 1. The van der Waals surface area contributed by atoms with Gasteiger partial charge in [0.05, 0.1) is 6.61 Å². The van der Waals surface area contributed by atoms with Crippen molar-refractivity contribution in [3.63, 3.8) is 0 Å². The minimum absolute atomic E-state index is 0.145. The second-order valence-electron chi connectivity index (χ2n) is 7.38. The fourth-order valence-corrected chi connectivity index (χ4v) is 4.29. The molecule has 33 heavy (non-hydrogen) atoms. The van der Waals surface area contributed by atoms with Crippen LogP contribution >= 0.6 is 11.3 Å². The first-order valence-electron chi connectivity index (χ1n) is 11.2. The van der Waals surface area contributed by atoms with Crippen molar-refractivity contribution in [2.75, 3.05) is 25.0 Å². The van der Waals surface area contributed by atoms with E-state index in [1.54, 1.807) is 25.3 Å². The van der Waals surface area contributed by atoms with Crippen molar-refractivity contribution in [2.24, 2.45) is 0 Å². The van der Waals surface area contributed by atoms with Gasteiger partial charge in [-0.3, -0.25) is 14.3 Å². The maximum Gasteiger partial charge on any atom is 0.351 e. The largest absolute Gasteiger partial charge is 0.508 e. The monoisotopic (exact) mass is 472 g/mol. The number of phenols is 1. The number of thiazole rings is 1. The summed E-state index contributed by atoms with van der Waals surface area (Å²) in [6, 6.07) is 7.10. The smallest absolute Gasteiger partial charge is 0.351 e. The Balaban J connectivity index is 2.50. The van der Waals surface area contributed by atoms with Gasteiger partial charge in [0.25, 0.3) is 5.56 Å². The van der Waals surface area contributed by atoms with Crippen LogP contribution in [0.3, 0.4) is 0 Å². The van der Waals surface area contributed by atoms with Gasteiger partial charge in [-0.25, -0.2) is 4.79 Å². The van der Waals surface area contributed by atoms with E-state index >= 15 is 0 Å². The van der Waals surface area contributed by atoms with Crippen molar-refractivity contribution >= 4 is 34.8 Å². The highest BCUT2D eigenvalue weighted by Gasteiger charge is 2.16. The number of nitriles is 1. The van der Waals surface area contributed by atoms with Crippen LogP contribution in [0.25, 0.3) is 11.8 Å². The number of esters is 1. The molecule has 0 atom stereocenters. The molecule has 0 spiro atoms. The van der Waals surface area contributed by atoms with Crippen molar-refractivity contribution in [1.29, 1.82) is 5.26 Å². The predicted octanol–water partition coefficient (Wildman–Crippen LogP) is 2.34. The van der Waals surface area contributed by atoms with Gasteiger partial charge >= 0.3 is 5.97 Å². The standard InChI is InChI=1S/C24H32N4O4S/c1-5-9-12-28-22(30)21(33-23(28)19(14-25)24(31)32-8-4)15-26-18-10-11-20(29)17(13-18)16-27(6-2)7-3/h10-11,13,15,26,29H,5-9,12,16H2,1-4H3. The summed E-state index contributed by atoms with van der Waals surface area (Å²) in [6.07, 6.45) is 3.18. The van der Waals surface area contributed by atoms with Crippen LogP contribution in [0.2, 0.25) is 0 Å². The van der Waals surface area contributed by atoms with Crippen LogP contribution in [0.5, 0.6) is 5.75 Å². The summed E-state index contributed by atoms with van der Waals surface area (Å²) in [5.41, 5.74) is 1.07. The molecule has 0 radical (unpaired) electrons. The molecule has 1 heterocycles. The molecule has 9 heteroatoms. The Bertz CT molecular complexity index is 1170. The lowest BCUT2D eigenvalue weighted by atomic mass is 10.1. The van der Waals surface area contributed by atoms with E-state index in [0.717, 1.165) is 48.5 Å². The van der Waals surface area contributed by atoms with Crippen molar-refractivity contribution < 1.29 is 14.6 Å². The van der Waals surface area contributed by atoms with Crippen LogP contribution in [0.15, 0.2) is 23.0 Å². The highest BCUT2D eigenvalue weighted by Crippen LogP contribution is 2.23. The van der Waals surface area contributed by atoms with E-state index in [2.05, 4.69) is 24.1 Å². The van der Waals surface area contributed by atoms with Gasteiger partial charge in [0.1, 0.15) is 21.0 Å². The number of aromatic nitrogens is 1. The molecule has 0 saturated carbocycles. The molecular formula is C24H32N4O4S. The lowest BCUT2D eigenvalue weighted by Gasteiger charge is -2.19. The molecule has 0 fully saturated rings. The molecule has 0 aliphatic carbocycles. The van der Waals surface area contributed by atoms with Gasteiger partial charge in [-0.1, -0.05) is 27.2 Å². The van der Waals surface area contributed by atoms with E-state index in [1.165, 1.54) is 4.57 Å².